The van der Waals surface area contributed by atoms with Crippen LogP contribution < -0.4 is 14.5 Å². The molecule has 1 amide bonds. The van der Waals surface area contributed by atoms with E-state index in [1.807, 2.05) is 6.92 Å². The minimum absolute atomic E-state index is 0.0843. The standard InChI is InChI=1S/C19H20FN3O4S2/c1-4-22-16-10-7-14(11-17(16)28-19(22)25)21-18(24)12(2)23(29(3,26)27)15-8-5-13(20)6-9-15/h5-12H,4H2,1-3H3,(H,21,24). The van der Waals surface area contributed by atoms with Gasteiger partial charge in [-0.1, -0.05) is 11.3 Å². The van der Waals surface area contributed by atoms with E-state index in [0.29, 0.717) is 12.2 Å². The van der Waals surface area contributed by atoms with Crippen molar-refractivity contribution in [3.8, 4) is 0 Å². The molecule has 1 unspecified atom stereocenters. The van der Waals surface area contributed by atoms with E-state index in [2.05, 4.69) is 5.32 Å². The number of benzene rings is 2. The van der Waals surface area contributed by atoms with Crippen molar-refractivity contribution in [3.63, 3.8) is 0 Å². The molecule has 1 heterocycles. The van der Waals surface area contributed by atoms with Crippen LogP contribution in [-0.4, -0.2) is 31.2 Å². The molecule has 0 fully saturated rings. The number of anilines is 2. The zero-order valence-electron chi connectivity index (χ0n) is 16.0. The first-order valence-electron chi connectivity index (χ1n) is 8.81. The monoisotopic (exact) mass is 437 g/mol. The molecule has 29 heavy (non-hydrogen) atoms. The van der Waals surface area contributed by atoms with Gasteiger partial charge in [-0.25, -0.2) is 12.8 Å². The van der Waals surface area contributed by atoms with Gasteiger partial charge in [0, 0.05) is 12.2 Å². The van der Waals surface area contributed by atoms with Crippen molar-refractivity contribution in [2.45, 2.75) is 26.4 Å². The van der Waals surface area contributed by atoms with Gasteiger partial charge in [-0.05, 0) is 56.3 Å². The summed E-state index contributed by atoms with van der Waals surface area (Å²) in [5.74, 6) is -1.06. The number of hydrogen-bond donors (Lipinski definition) is 1. The fourth-order valence-corrected chi connectivity index (χ4v) is 5.26. The van der Waals surface area contributed by atoms with Gasteiger partial charge in [0.2, 0.25) is 15.9 Å². The lowest BCUT2D eigenvalue weighted by Crippen LogP contribution is -2.45. The van der Waals surface area contributed by atoms with E-state index in [4.69, 9.17) is 0 Å². The maximum atomic E-state index is 13.2. The Morgan fingerprint density at radius 3 is 2.48 bits per heavy atom. The molecule has 3 aromatic rings. The minimum atomic E-state index is -3.80. The molecule has 2 aromatic carbocycles. The van der Waals surface area contributed by atoms with Gasteiger partial charge < -0.3 is 5.32 Å². The maximum Gasteiger partial charge on any atom is 0.308 e. The lowest BCUT2D eigenvalue weighted by Gasteiger charge is -2.28. The molecular formula is C19H20FN3O4S2. The quantitative estimate of drug-likeness (QED) is 0.642. The Hall–Kier alpha value is -2.72. The number of sulfonamides is 1. The minimum Gasteiger partial charge on any atom is -0.324 e. The third-order valence-corrected chi connectivity index (χ3v) is 6.61. The van der Waals surface area contributed by atoms with E-state index in [9.17, 15) is 22.4 Å². The summed E-state index contributed by atoms with van der Waals surface area (Å²) in [5, 5.41) is 2.69. The molecule has 0 aliphatic heterocycles. The molecule has 1 N–H and O–H groups in total. The van der Waals surface area contributed by atoms with Gasteiger partial charge in [0.05, 0.1) is 22.2 Å². The van der Waals surface area contributed by atoms with Gasteiger partial charge in [-0.2, -0.15) is 0 Å². The molecule has 0 aliphatic rings. The first kappa shape index (κ1) is 21.0. The summed E-state index contributed by atoms with van der Waals surface area (Å²) >= 11 is 1.08. The normalized spacial score (nSPS) is 12.7. The number of halogens is 1. The smallest absolute Gasteiger partial charge is 0.308 e. The van der Waals surface area contributed by atoms with Crippen molar-refractivity contribution in [1.82, 2.24) is 4.57 Å². The lowest BCUT2D eigenvalue weighted by atomic mass is 10.2. The van der Waals surface area contributed by atoms with Crippen LogP contribution in [0.3, 0.4) is 0 Å². The molecule has 1 atom stereocenters. The van der Waals surface area contributed by atoms with Gasteiger partial charge in [-0.3, -0.25) is 18.5 Å². The van der Waals surface area contributed by atoms with E-state index in [0.717, 1.165) is 44.2 Å². The van der Waals surface area contributed by atoms with Crippen molar-refractivity contribution < 1.29 is 17.6 Å². The van der Waals surface area contributed by atoms with Crippen LogP contribution in [0.1, 0.15) is 13.8 Å². The molecule has 10 heteroatoms. The van der Waals surface area contributed by atoms with E-state index in [-0.39, 0.29) is 10.6 Å². The van der Waals surface area contributed by atoms with Crippen LogP contribution in [0.25, 0.3) is 10.2 Å². The van der Waals surface area contributed by atoms with Crippen molar-refractivity contribution in [3.05, 3.63) is 57.9 Å². The predicted molar refractivity (Wildman–Crippen MR) is 114 cm³/mol. The lowest BCUT2D eigenvalue weighted by molar-refractivity contribution is -0.116. The molecule has 0 spiro atoms. The van der Waals surface area contributed by atoms with Gasteiger partial charge in [0.1, 0.15) is 11.9 Å². The number of nitrogens with zero attached hydrogens (tertiary/aromatic N) is 2. The molecule has 7 nitrogen and oxygen atoms in total. The van der Waals surface area contributed by atoms with Gasteiger partial charge in [0.15, 0.2) is 0 Å². The predicted octanol–water partition coefficient (Wildman–Crippen LogP) is 3.02. The third-order valence-electron chi connectivity index (χ3n) is 4.42. The summed E-state index contributed by atoms with van der Waals surface area (Å²) in [5.41, 5.74) is 1.41. The third kappa shape index (κ3) is 4.33. The number of carbonyl (C=O) groups excluding carboxylic acids is 1. The molecule has 0 saturated carbocycles. The molecule has 0 saturated heterocycles. The Kier molecular flexibility index (Phi) is 5.76. The second-order valence-corrected chi connectivity index (χ2v) is 9.35. The number of thiazole rings is 1. The molecule has 0 bridgehead atoms. The Morgan fingerprint density at radius 1 is 1.24 bits per heavy atom. The number of aromatic nitrogens is 1. The second-order valence-electron chi connectivity index (χ2n) is 6.50. The highest BCUT2D eigenvalue weighted by Crippen LogP contribution is 2.24. The summed E-state index contributed by atoms with van der Waals surface area (Å²) in [4.78, 5) is 24.7. The molecule has 154 valence electrons. The van der Waals surface area contributed by atoms with Gasteiger partial charge in [0.25, 0.3) is 0 Å². The van der Waals surface area contributed by atoms with Gasteiger partial charge in [-0.15, -0.1) is 0 Å². The number of hydrogen-bond acceptors (Lipinski definition) is 5. The van der Waals surface area contributed by atoms with Crippen LogP contribution in [0.2, 0.25) is 0 Å². The van der Waals surface area contributed by atoms with Gasteiger partial charge >= 0.3 is 4.87 Å². The van der Waals surface area contributed by atoms with Crippen molar-refractivity contribution >= 4 is 48.9 Å². The Labute approximate surface area is 171 Å². The van der Waals surface area contributed by atoms with Crippen LogP contribution in [0.4, 0.5) is 15.8 Å². The number of fused-ring (bicyclic) bond motifs is 1. The van der Waals surface area contributed by atoms with E-state index in [1.54, 1.807) is 22.8 Å². The zero-order valence-corrected chi connectivity index (χ0v) is 17.7. The number of amides is 1. The largest absolute Gasteiger partial charge is 0.324 e. The number of aryl methyl sites for hydroxylation is 1. The Morgan fingerprint density at radius 2 is 1.90 bits per heavy atom. The number of nitrogens with one attached hydrogen (secondary N) is 1. The molecule has 0 radical (unpaired) electrons. The van der Waals surface area contributed by atoms with Crippen LogP contribution in [-0.2, 0) is 21.4 Å². The number of carbonyl (C=O) groups is 1. The summed E-state index contributed by atoms with van der Waals surface area (Å²) in [7, 11) is -3.80. The second kappa shape index (κ2) is 7.96. The Bertz CT molecular complexity index is 1220. The van der Waals surface area contributed by atoms with Crippen LogP contribution >= 0.6 is 11.3 Å². The van der Waals surface area contributed by atoms with Crippen molar-refractivity contribution in [2.24, 2.45) is 0 Å². The van der Waals surface area contributed by atoms with E-state index < -0.39 is 27.8 Å². The van der Waals surface area contributed by atoms with E-state index >= 15 is 0 Å². The summed E-state index contributed by atoms with van der Waals surface area (Å²) < 4.78 is 41.1. The van der Waals surface area contributed by atoms with Crippen molar-refractivity contribution in [1.29, 1.82) is 0 Å². The maximum absolute atomic E-state index is 13.2. The summed E-state index contributed by atoms with van der Waals surface area (Å²) in [6, 6.07) is 8.87. The molecule has 3 rings (SSSR count). The number of rotatable bonds is 6. The fourth-order valence-electron chi connectivity index (χ4n) is 3.09. The average molecular weight is 438 g/mol. The van der Waals surface area contributed by atoms with Crippen LogP contribution in [0.5, 0.6) is 0 Å². The zero-order chi connectivity index (χ0) is 21.3. The molecule has 0 aliphatic carbocycles. The SMILES string of the molecule is CCn1c(=O)sc2cc(NC(=O)C(C)N(c3ccc(F)cc3)S(C)(=O)=O)ccc21. The van der Waals surface area contributed by atoms with Crippen LogP contribution in [0, 0.1) is 5.82 Å². The summed E-state index contributed by atoms with van der Waals surface area (Å²) in [6.07, 6.45) is 0.983. The molecular weight excluding hydrogens is 417 g/mol. The highest BCUT2D eigenvalue weighted by molar-refractivity contribution is 7.92. The average Bonchev–Trinajstić information content (AvgIpc) is 2.96. The molecule has 1 aromatic heterocycles. The van der Waals surface area contributed by atoms with Crippen LogP contribution in [0.15, 0.2) is 47.3 Å². The summed E-state index contributed by atoms with van der Waals surface area (Å²) in [6.45, 7) is 3.87. The first-order valence-corrected chi connectivity index (χ1v) is 11.5. The highest BCUT2D eigenvalue weighted by atomic mass is 32.2. The first-order chi connectivity index (χ1) is 13.6. The highest BCUT2D eigenvalue weighted by Gasteiger charge is 2.29. The Balaban J connectivity index is 1.89. The fraction of sp³-hybridized carbons (Fsp3) is 0.263. The topological polar surface area (TPSA) is 88.5 Å². The van der Waals surface area contributed by atoms with E-state index in [1.165, 1.54) is 19.1 Å². The van der Waals surface area contributed by atoms with Crippen molar-refractivity contribution in [2.75, 3.05) is 15.9 Å².